The van der Waals surface area contributed by atoms with Gasteiger partial charge in [-0.2, -0.15) is 5.26 Å². The largest absolute Gasteiger partial charge is 0.445 e. The average Bonchev–Trinajstić information content (AvgIpc) is 2.42. The number of nitrogens with zero attached hydrogens (tertiary/aromatic N) is 1. The molecule has 0 unspecified atom stereocenters. The number of nitrogens with one attached hydrogen (secondary N) is 1. The predicted molar refractivity (Wildman–Crippen MR) is 73.3 cm³/mol. The van der Waals surface area contributed by atoms with Crippen molar-refractivity contribution in [3.05, 3.63) is 35.9 Å². The summed E-state index contributed by atoms with van der Waals surface area (Å²) in [5, 5.41) is 11.3. The molecule has 0 saturated heterocycles. The number of alkyl carbamates (subject to hydrolysis) is 1. The Balaban J connectivity index is 2.26. The van der Waals surface area contributed by atoms with Gasteiger partial charge in [0.25, 0.3) is 0 Å². The number of carbonyl (C=O) groups is 1. The van der Waals surface area contributed by atoms with Gasteiger partial charge in [-0.15, -0.1) is 0 Å². The molecule has 4 heteroatoms. The van der Waals surface area contributed by atoms with Crippen molar-refractivity contribution in [1.82, 2.24) is 5.32 Å². The molecule has 0 aromatic heterocycles. The third-order valence-corrected chi connectivity index (χ3v) is 2.84. The summed E-state index contributed by atoms with van der Waals surface area (Å²) in [4.78, 5) is 11.5. The van der Waals surface area contributed by atoms with Crippen molar-refractivity contribution < 1.29 is 9.53 Å². The molecule has 102 valence electrons. The molecule has 0 fully saturated rings. The van der Waals surface area contributed by atoms with Crippen LogP contribution in [0.2, 0.25) is 0 Å². The fourth-order valence-electron chi connectivity index (χ4n) is 1.57. The number of ether oxygens (including phenoxy) is 1. The van der Waals surface area contributed by atoms with Crippen LogP contribution in [0.15, 0.2) is 30.3 Å². The average molecular weight is 260 g/mol. The lowest BCUT2D eigenvalue weighted by Crippen LogP contribution is -2.34. The number of amides is 1. The van der Waals surface area contributed by atoms with Crippen LogP contribution in [-0.4, -0.2) is 12.6 Å². The second-order valence-electron chi connectivity index (χ2n) is 5.24. The van der Waals surface area contributed by atoms with Crippen LogP contribution in [0.5, 0.6) is 0 Å². The molecule has 0 saturated carbocycles. The second kappa shape index (κ2) is 7.42. The molecular weight excluding hydrogens is 240 g/mol. The summed E-state index contributed by atoms with van der Waals surface area (Å²) < 4.78 is 5.11. The normalized spacial score (nSPS) is 10.6. The third-order valence-electron chi connectivity index (χ3n) is 2.84. The maximum Gasteiger partial charge on any atom is 0.407 e. The van der Waals surface area contributed by atoms with Crippen molar-refractivity contribution in [2.24, 2.45) is 5.41 Å². The van der Waals surface area contributed by atoms with E-state index in [2.05, 4.69) is 11.4 Å². The van der Waals surface area contributed by atoms with E-state index in [1.807, 2.05) is 44.2 Å². The lowest BCUT2D eigenvalue weighted by Gasteiger charge is -2.23. The molecule has 1 N–H and O–H groups in total. The van der Waals surface area contributed by atoms with Gasteiger partial charge in [0.1, 0.15) is 6.61 Å². The van der Waals surface area contributed by atoms with Crippen molar-refractivity contribution in [3.63, 3.8) is 0 Å². The van der Waals surface area contributed by atoms with Crippen molar-refractivity contribution >= 4 is 6.09 Å². The Kier molecular flexibility index (Phi) is 5.87. The first-order valence-electron chi connectivity index (χ1n) is 6.35. The zero-order chi connectivity index (χ0) is 14.1. The highest BCUT2D eigenvalue weighted by Gasteiger charge is 2.18. The van der Waals surface area contributed by atoms with E-state index in [-0.39, 0.29) is 12.0 Å². The van der Waals surface area contributed by atoms with Crippen molar-refractivity contribution in [2.45, 2.75) is 33.3 Å². The minimum atomic E-state index is -0.422. The molecule has 0 aliphatic rings. The van der Waals surface area contributed by atoms with Crippen LogP contribution in [0, 0.1) is 16.7 Å². The molecule has 0 aliphatic heterocycles. The van der Waals surface area contributed by atoms with Crippen LogP contribution < -0.4 is 5.32 Å². The van der Waals surface area contributed by atoms with Crippen LogP contribution in [-0.2, 0) is 11.3 Å². The molecule has 0 bridgehead atoms. The molecule has 1 aromatic rings. The van der Waals surface area contributed by atoms with Crippen molar-refractivity contribution in [3.8, 4) is 6.07 Å². The molecular formula is C15H20N2O2. The number of carbonyl (C=O) groups excluding carboxylic acids is 1. The van der Waals surface area contributed by atoms with E-state index in [0.29, 0.717) is 13.0 Å². The summed E-state index contributed by atoms with van der Waals surface area (Å²) in [6.07, 6.45) is 0.824. The third kappa shape index (κ3) is 6.46. The Morgan fingerprint density at radius 2 is 2.05 bits per heavy atom. The Bertz CT molecular complexity index is 435. The fourth-order valence-corrected chi connectivity index (χ4v) is 1.57. The van der Waals surface area contributed by atoms with Crippen molar-refractivity contribution in [2.75, 3.05) is 6.54 Å². The number of hydrogen-bond acceptors (Lipinski definition) is 3. The summed E-state index contributed by atoms with van der Waals surface area (Å²) in [6, 6.07) is 11.7. The van der Waals surface area contributed by atoms with Crippen LogP contribution in [0.1, 0.15) is 32.3 Å². The standard InChI is InChI=1S/C15H20N2O2/c1-15(2,9-6-10-16)12-17-14(18)19-11-13-7-4-3-5-8-13/h3-5,7-8H,6,9,11-12H2,1-2H3,(H,17,18). The smallest absolute Gasteiger partial charge is 0.407 e. The highest BCUT2D eigenvalue weighted by Crippen LogP contribution is 2.20. The molecule has 1 amide bonds. The molecule has 0 aliphatic carbocycles. The Hall–Kier alpha value is -2.02. The van der Waals surface area contributed by atoms with Gasteiger partial charge in [0.05, 0.1) is 6.07 Å². The highest BCUT2D eigenvalue weighted by molar-refractivity contribution is 5.67. The summed E-state index contributed by atoms with van der Waals surface area (Å²) in [5.74, 6) is 0. The summed E-state index contributed by atoms with van der Waals surface area (Å²) >= 11 is 0. The van der Waals surface area contributed by atoms with Gasteiger partial charge < -0.3 is 10.1 Å². The number of nitriles is 1. The number of benzene rings is 1. The second-order valence-corrected chi connectivity index (χ2v) is 5.24. The fraction of sp³-hybridized carbons (Fsp3) is 0.467. The summed E-state index contributed by atoms with van der Waals surface area (Å²) in [7, 11) is 0. The molecule has 0 radical (unpaired) electrons. The monoisotopic (exact) mass is 260 g/mol. The Morgan fingerprint density at radius 1 is 1.37 bits per heavy atom. The first-order valence-corrected chi connectivity index (χ1v) is 6.35. The van der Waals surface area contributed by atoms with Gasteiger partial charge in [-0.05, 0) is 17.4 Å². The lowest BCUT2D eigenvalue weighted by atomic mass is 9.88. The zero-order valence-corrected chi connectivity index (χ0v) is 11.5. The minimum Gasteiger partial charge on any atom is -0.445 e. The van der Waals surface area contributed by atoms with E-state index in [9.17, 15) is 4.79 Å². The SMILES string of the molecule is CC(C)(CCC#N)CNC(=O)OCc1ccccc1. The quantitative estimate of drug-likeness (QED) is 0.854. The van der Waals surface area contributed by atoms with E-state index in [4.69, 9.17) is 10.00 Å². The highest BCUT2D eigenvalue weighted by atomic mass is 16.5. The molecule has 0 heterocycles. The van der Waals surface area contributed by atoms with Gasteiger partial charge in [-0.3, -0.25) is 0 Å². The van der Waals surface area contributed by atoms with E-state index in [1.165, 1.54) is 0 Å². The van der Waals surface area contributed by atoms with Gasteiger partial charge in [0.2, 0.25) is 0 Å². The van der Waals surface area contributed by atoms with Gasteiger partial charge >= 0.3 is 6.09 Å². The van der Waals surface area contributed by atoms with Crippen LogP contribution in [0.4, 0.5) is 4.79 Å². The zero-order valence-electron chi connectivity index (χ0n) is 11.5. The summed E-state index contributed by atoms with van der Waals surface area (Å²) in [5.41, 5.74) is 0.864. The minimum absolute atomic E-state index is 0.0957. The topological polar surface area (TPSA) is 62.1 Å². The van der Waals surface area contributed by atoms with Crippen LogP contribution >= 0.6 is 0 Å². The lowest BCUT2D eigenvalue weighted by molar-refractivity contribution is 0.134. The van der Waals surface area contributed by atoms with Crippen molar-refractivity contribution in [1.29, 1.82) is 5.26 Å². The van der Waals surface area contributed by atoms with Gasteiger partial charge in [0, 0.05) is 13.0 Å². The predicted octanol–water partition coefficient (Wildman–Crippen LogP) is 3.24. The van der Waals surface area contributed by atoms with Gasteiger partial charge in [-0.1, -0.05) is 44.2 Å². The number of rotatable bonds is 6. The van der Waals surface area contributed by atoms with Gasteiger partial charge in [0.15, 0.2) is 0 Å². The van der Waals surface area contributed by atoms with Gasteiger partial charge in [-0.25, -0.2) is 4.79 Å². The molecule has 1 aromatic carbocycles. The van der Waals surface area contributed by atoms with Crippen LogP contribution in [0.25, 0.3) is 0 Å². The van der Waals surface area contributed by atoms with E-state index in [0.717, 1.165) is 12.0 Å². The Morgan fingerprint density at radius 3 is 2.68 bits per heavy atom. The maximum atomic E-state index is 11.5. The molecule has 4 nitrogen and oxygen atoms in total. The summed E-state index contributed by atoms with van der Waals surface area (Å²) in [6.45, 7) is 4.80. The van der Waals surface area contributed by atoms with E-state index < -0.39 is 6.09 Å². The van der Waals surface area contributed by atoms with Crippen LogP contribution in [0.3, 0.4) is 0 Å². The first kappa shape index (κ1) is 15.0. The van der Waals surface area contributed by atoms with E-state index >= 15 is 0 Å². The molecule has 0 spiro atoms. The maximum absolute atomic E-state index is 11.5. The number of hydrogen-bond donors (Lipinski definition) is 1. The van der Waals surface area contributed by atoms with E-state index in [1.54, 1.807) is 0 Å². The molecule has 1 rings (SSSR count). The first-order chi connectivity index (χ1) is 9.03. The molecule has 19 heavy (non-hydrogen) atoms. The molecule has 0 atom stereocenters. The Labute approximate surface area is 114 Å².